The van der Waals surface area contributed by atoms with E-state index in [-0.39, 0.29) is 5.56 Å². The van der Waals surface area contributed by atoms with Crippen molar-refractivity contribution in [3.8, 4) is 5.75 Å². The number of methoxy groups -OCH3 is 1. The first-order valence-electron chi connectivity index (χ1n) is 6.84. The number of hydrogen-bond donors (Lipinski definition) is 1. The number of rotatable bonds is 5. The molecule has 0 radical (unpaired) electrons. The van der Waals surface area contributed by atoms with Gasteiger partial charge >= 0.3 is 5.97 Å². The van der Waals surface area contributed by atoms with Crippen LogP contribution in [0.5, 0.6) is 5.75 Å². The molecule has 0 saturated carbocycles. The number of aliphatic imine (C=N–C) groups is 1. The van der Waals surface area contributed by atoms with Gasteiger partial charge < -0.3 is 14.6 Å². The maximum atomic E-state index is 10.9. The summed E-state index contributed by atoms with van der Waals surface area (Å²) in [5.41, 5.74) is 1.57. The highest BCUT2D eigenvalue weighted by molar-refractivity contribution is 5.98. The Bertz CT molecular complexity index is 677. The Kier molecular flexibility index (Phi) is 5.14. The van der Waals surface area contributed by atoms with Crippen LogP contribution >= 0.6 is 0 Å². The summed E-state index contributed by atoms with van der Waals surface area (Å²) in [6, 6.07) is 13.7. The lowest BCUT2D eigenvalue weighted by molar-refractivity contribution is 0.0697. The molecule has 2 aromatic rings. The summed E-state index contributed by atoms with van der Waals surface area (Å²) in [7, 11) is 1.59. The van der Waals surface area contributed by atoms with Crippen molar-refractivity contribution in [2.45, 2.75) is 6.92 Å². The molecule has 5 heteroatoms. The molecule has 0 aliphatic heterocycles. The van der Waals surface area contributed by atoms with E-state index in [1.807, 2.05) is 31.2 Å². The van der Waals surface area contributed by atoms with Crippen LogP contribution in [-0.4, -0.2) is 30.7 Å². The van der Waals surface area contributed by atoms with E-state index < -0.39 is 5.97 Å². The van der Waals surface area contributed by atoms with E-state index in [0.717, 1.165) is 5.56 Å². The van der Waals surface area contributed by atoms with Gasteiger partial charge in [-0.25, -0.2) is 9.79 Å². The number of aromatic carboxylic acids is 1. The fraction of sp³-hybridized carbons (Fsp3) is 0.176. The molecule has 0 fully saturated rings. The Hall–Kier alpha value is -2.82. The summed E-state index contributed by atoms with van der Waals surface area (Å²) >= 11 is 0. The minimum Gasteiger partial charge on any atom is -0.496 e. The van der Waals surface area contributed by atoms with Crippen LogP contribution in [0.4, 0.5) is 5.69 Å². The minimum atomic E-state index is -0.967. The number of carbonyl (C=O) groups is 1. The van der Waals surface area contributed by atoms with Crippen LogP contribution in [0.25, 0.3) is 0 Å². The highest BCUT2D eigenvalue weighted by atomic mass is 16.5. The SMILES string of the molecule is CCOC(=Nc1ccc(C(=O)O)cc1)c1ccccc1OC. The highest BCUT2D eigenvalue weighted by Crippen LogP contribution is 2.22. The van der Waals surface area contributed by atoms with Gasteiger partial charge in [-0.05, 0) is 43.3 Å². The lowest BCUT2D eigenvalue weighted by Gasteiger charge is -2.11. The molecule has 0 spiro atoms. The predicted molar refractivity (Wildman–Crippen MR) is 84.2 cm³/mol. The van der Waals surface area contributed by atoms with Gasteiger partial charge in [0.2, 0.25) is 5.90 Å². The summed E-state index contributed by atoms with van der Waals surface area (Å²) in [4.78, 5) is 15.3. The molecule has 2 aromatic carbocycles. The molecule has 22 heavy (non-hydrogen) atoms. The van der Waals surface area contributed by atoms with Gasteiger partial charge in [0.25, 0.3) is 0 Å². The van der Waals surface area contributed by atoms with Gasteiger partial charge in [-0.2, -0.15) is 0 Å². The maximum absolute atomic E-state index is 10.9. The number of carboxylic acids is 1. The zero-order valence-electron chi connectivity index (χ0n) is 12.4. The molecule has 5 nitrogen and oxygen atoms in total. The van der Waals surface area contributed by atoms with E-state index >= 15 is 0 Å². The highest BCUT2D eigenvalue weighted by Gasteiger charge is 2.11. The number of benzene rings is 2. The van der Waals surface area contributed by atoms with E-state index in [1.54, 1.807) is 19.2 Å². The first kappa shape index (κ1) is 15.6. The Labute approximate surface area is 128 Å². The van der Waals surface area contributed by atoms with Gasteiger partial charge in [0, 0.05) is 0 Å². The standard InChI is InChI=1S/C17H17NO4/c1-3-22-16(14-6-4-5-7-15(14)21-2)18-13-10-8-12(9-11-13)17(19)20/h4-11H,3H2,1-2H3,(H,19,20). The molecular weight excluding hydrogens is 282 g/mol. The number of ether oxygens (including phenoxy) is 2. The average Bonchev–Trinajstić information content (AvgIpc) is 2.55. The van der Waals surface area contributed by atoms with Crippen molar-refractivity contribution >= 4 is 17.6 Å². The Morgan fingerprint density at radius 3 is 2.41 bits per heavy atom. The van der Waals surface area contributed by atoms with Crippen LogP contribution in [0.2, 0.25) is 0 Å². The second kappa shape index (κ2) is 7.26. The van der Waals surface area contributed by atoms with Gasteiger partial charge in [0.05, 0.1) is 30.5 Å². The third-order valence-corrected chi connectivity index (χ3v) is 2.96. The van der Waals surface area contributed by atoms with Crippen LogP contribution in [-0.2, 0) is 4.74 Å². The lowest BCUT2D eigenvalue weighted by Crippen LogP contribution is -2.08. The summed E-state index contributed by atoms with van der Waals surface area (Å²) in [5, 5.41) is 8.91. The molecule has 0 aliphatic carbocycles. The smallest absolute Gasteiger partial charge is 0.335 e. The van der Waals surface area contributed by atoms with Crippen LogP contribution in [0.15, 0.2) is 53.5 Å². The van der Waals surface area contributed by atoms with Gasteiger partial charge in [-0.15, -0.1) is 0 Å². The Balaban J connectivity index is 2.40. The van der Waals surface area contributed by atoms with Gasteiger partial charge in [0.1, 0.15) is 5.75 Å². The van der Waals surface area contributed by atoms with Crippen molar-refractivity contribution in [3.05, 3.63) is 59.7 Å². The summed E-state index contributed by atoms with van der Waals surface area (Å²) < 4.78 is 10.9. The van der Waals surface area contributed by atoms with Crippen molar-refractivity contribution in [1.82, 2.24) is 0 Å². The monoisotopic (exact) mass is 299 g/mol. The van der Waals surface area contributed by atoms with Gasteiger partial charge in [-0.1, -0.05) is 12.1 Å². The van der Waals surface area contributed by atoms with E-state index in [4.69, 9.17) is 14.6 Å². The third kappa shape index (κ3) is 3.63. The number of nitrogens with zero attached hydrogens (tertiary/aromatic N) is 1. The maximum Gasteiger partial charge on any atom is 0.335 e. The van der Waals surface area contributed by atoms with Crippen molar-refractivity contribution in [1.29, 1.82) is 0 Å². The molecule has 2 rings (SSSR count). The molecule has 0 aromatic heterocycles. The van der Waals surface area contributed by atoms with Crippen molar-refractivity contribution < 1.29 is 19.4 Å². The summed E-state index contributed by atoms with van der Waals surface area (Å²) in [5.74, 6) is 0.130. The van der Waals surface area contributed by atoms with Crippen LogP contribution in [0, 0.1) is 0 Å². The molecule has 0 bridgehead atoms. The first-order chi connectivity index (χ1) is 10.7. The first-order valence-corrected chi connectivity index (χ1v) is 6.84. The molecule has 114 valence electrons. The minimum absolute atomic E-state index is 0.217. The second-order valence-electron chi connectivity index (χ2n) is 4.40. The lowest BCUT2D eigenvalue weighted by atomic mass is 10.2. The van der Waals surface area contributed by atoms with E-state index in [1.165, 1.54) is 12.1 Å². The molecule has 0 aliphatic rings. The van der Waals surface area contributed by atoms with E-state index in [0.29, 0.717) is 23.9 Å². The van der Waals surface area contributed by atoms with Crippen molar-refractivity contribution in [2.24, 2.45) is 4.99 Å². The van der Waals surface area contributed by atoms with E-state index in [2.05, 4.69) is 4.99 Å². The third-order valence-electron chi connectivity index (χ3n) is 2.96. The van der Waals surface area contributed by atoms with Gasteiger partial charge in [0.15, 0.2) is 0 Å². The molecule has 0 amide bonds. The zero-order valence-corrected chi connectivity index (χ0v) is 12.4. The molecular formula is C17H17NO4. The van der Waals surface area contributed by atoms with Crippen molar-refractivity contribution in [3.63, 3.8) is 0 Å². The number of carboxylic acid groups (broad SMARTS) is 1. The molecule has 1 N–H and O–H groups in total. The van der Waals surface area contributed by atoms with Crippen LogP contribution in [0.3, 0.4) is 0 Å². The molecule has 0 unspecified atom stereocenters. The van der Waals surface area contributed by atoms with Crippen molar-refractivity contribution in [2.75, 3.05) is 13.7 Å². The largest absolute Gasteiger partial charge is 0.496 e. The second-order valence-corrected chi connectivity index (χ2v) is 4.40. The quantitative estimate of drug-likeness (QED) is 0.677. The van der Waals surface area contributed by atoms with E-state index in [9.17, 15) is 4.79 Å². The number of hydrogen-bond acceptors (Lipinski definition) is 4. The topological polar surface area (TPSA) is 68.1 Å². The molecule has 0 atom stereocenters. The van der Waals surface area contributed by atoms with Crippen LogP contribution < -0.4 is 4.74 Å². The molecule has 0 saturated heterocycles. The molecule has 0 heterocycles. The Morgan fingerprint density at radius 1 is 1.14 bits per heavy atom. The van der Waals surface area contributed by atoms with Gasteiger partial charge in [-0.3, -0.25) is 0 Å². The summed E-state index contributed by atoms with van der Waals surface area (Å²) in [6.45, 7) is 2.34. The number of para-hydroxylation sites is 1. The fourth-order valence-electron chi connectivity index (χ4n) is 1.92. The normalized spacial score (nSPS) is 11.1. The zero-order chi connectivity index (χ0) is 15.9. The average molecular weight is 299 g/mol. The predicted octanol–water partition coefficient (Wildman–Crippen LogP) is 3.51. The van der Waals surface area contributed by atoms with Crippen LogP contribution in [0.1, 0.15) is 22.8 Å². The summed E-state index contributed by atoms with van der Waals surface area (Å²) in [6.07, 6.45) is 0. The Morgan fingerprint density at radius 2 is 1.82 bits per heavy atom. The fourth-order valence-corrected chi connectivity index (χ4v) is 1.92.